The van der Waals surface area contributed by atoms with Crippen molar-refractivity contribution in [3.8, 4) is 5.75 Å². The molecular weight excluding hydrogens is 341 g/mol. The molecule has 0 spiro atoms. The van der Waals surface area contributed by atoms with E-state index in [9.17, 15) is 18.8 Å². The summed E-state index contributed by atoms with van der Waals surface area (Å²) in [7, 11) is 1.35. The first-order valence-electron chi connectivity index (χ1n) is 7.90. The maximum atomic E-state index is 13.7. The summed E-state index contributed by atoms with van der Waals surface area (Å²) in [6.45, 7) is 1.23. The number of fused-ring (bicyclic) bond motifs is 1. The minimum atomic E-state index is -1.09. The van der Waals surface area contributed by atoms with Crippen LogP contribution in [-0.2, 0) is 16.1 Å². The normalized spacial score (nSPS) is 14.2. The Kier molecular flexibility index (Phi) is 4.71. The fourth-order valence-corrected chi connectivity index (χ4v) is 2.74. The average Bonchev–Trinajstić information content (AvgIpc) is 2.90. The number of amides is 2. The number of rotatable bonds is 5. The van der Waals surface area contributed by atoms with Crippen LogP contribution in [0.2, 0.25) is 0 Å². The first kappa shape index (κ1) is 17.6. The molecule has 1 aliphatic heterocycles. The van der Waals surface area contributed by atoms with E-state index >= 15 is 0 Å². The molecule has 2 aromatic rings. The summed E-state index contributed by atoms with van der Waals surface area (Å²) >= 11 is 0. The molecule has 7 heteroatoms. The summed E-state index contributed by atoms with van der Waals surface area (Å²) in [5.74, 6) is -2.32. The molecule has 0 unspecified atom stereocenters. The van der Waals surface area contributed by atoms with Crippen LogP contribution in [0.25, 0.3) is 0 Å². The molecular formula is C19H16FNO5. The number of carbonyl (C=O) groups is 3. The molecule has 26 heavy (non-hydrogen) atoms. The quantitative estimate of drug-likeness (QED) is 0.607. The van der Waals surface area contributed by atoms with Crippen molar-refractivity contribution in [2.24, 2.45) is 0 Å². The van der Waals surface area contributed by atoms with Crippen molar-refractivity contribution in [1.29, 1.82) is 0 Å². The van der Waals surface area contributed by atoms with Gasteiger partial charge in [-0.05, 0) is 36.8 Å². The zero-order valence-corrected chi connectivity index (χ0v) is 14.2. The van der Waals surface area contributed by atoms with Gasteiger partial charge in [-0.2, -0.15) is 0 Å². The lowest BCUT2D eigenvalue weighted by atomic mass is 10.1. The summed E-state index contributed by atoms with van der Waals surface area (Å²) in [5.41, 5.74) is 0.940. The van der Waals surface area contributed by atoms with Crippen molar-refractivity contribution >= 4 is 17.8 Å². The highest BCUT2D eigenvalue weighted by molar-refractivity contribution is 6.22. The van der Waals surface area contributed by atoms with Crippen molar-refractivity contribution in [3.63, 3.8) is 0 Å². The summed E-state index contributed by atoms with van der Waals surface area (Å²) in [5, 5.41) is 0. The minimum absolute atomic E-state index is 0.0828. The van der Waals surface area contributed by atoms with Crippen molar-refractivity contribution in [3.05, 3.63) is 65.0 Å². The van der Waals surface area contributed by atoms with Gasteiger partial charge in [-0.25, -0.2) is 9.18 Å². The number of nitrogens with zero attached hydrogens (tertiary/aromatic N) is 1. The smallest absolute Gasteiger partial charge is 0.329 e. The number of hydrogen-bond donors (Lipinski definition) is 0. The molecule has 2 amide bonds. The van der Waals surface area contributed by atoms with Crippen LogP contribution >= 0.6 is 0 Å². The Balaban J connectivity index is 1.68. The van der Waals surface area contributed by atoms with Crippen LogP contribution in [0.1, 0.15) is 33.2 Å². The Morgan fingerprint density at radius 2 is 1.73 bits per heavy atom. The van der Waals surface area contributed by atoms with Crippen molar-refractivity contribution in [2.45, 2.75) is 19.6 Å². The van der Waals surface area contributed by atoms with Gasteiger partial charge in [0.25, 0.3) is 11.8 Å². The number of imide groups is 1. The second-order valence-corrected chi connectivity index (χ2v) is 5.78. The van der Waals surface area contributed by atoms with E-state index < -0.39 is 29.6 Å². The highest BCUT2D eigenvalue weighted by Gasteiger charge is 2.41. The van der Waals surface area contributed by atoms with E-state index in [4.69, 9.17) is 9.47 Å². The second kappa shape index (κ2) is 6.95. The van der Waals surface area contributed by atoms with E-state index in [2.05, 4.69) is 0 Å². The van der Waals surface area contributed by atoms with Gasteiger partial charge in [0.15, 0.2) is 11.6 Å². The van der Waals surface area contributed by atoms with E-state index in [1.54, 1.807) is 18.2 Å². The molecule has 2 aromatic carbocycles. The van der Waals surface area contributed by atoms with Crippen LogP contribution in [0.4, 0.5) is 4.39 Å². The molecule has 0 saturated carbocycles. The maximum absolute atomic E-state index is 13.7. The molecule has 1 atom stereocenters. The van der Waals surface area contributed by atoms with Crippen LogP contribution in [-0.4, -0.2) is 35.8 Å². The molecule has 0 bridgehead atoms. The van der Waals surface area contributed by atoms with Crippen LogP contribution in [0.5, 0.6) is 5.75 Å². The average molecular weight is 357 g/mol. The van der Waals surface area contributed by atoms with Gasteiger partial charge < -0.3 is 9.47 Å². The maximum Gasteiger partial charge on any atom is 0.329 e. The molecule has 0 radical (unpaired) electrons. The highest BCUT2D eigenvalue weighted by atomic mass is 19.1. The molecule has 0 aliphatic carbocycles. The SMILES string of the molecule is COc1ccc(COC(=O)[C@@H](C)N2C(=O)c3ccccc3C2=O)cc1F. The summed E-state index contributed by atoms with van der Waals surface area (Å²) in [4.78, 5) is 37.9. The number of halogens is 1. The van der Waals surface area contributed by atoms with Crippen LogP contribution in [0.15, 0.2) is 42.5 Å². The largest absolute Gasteiger partial charge is 0.494 e. The topological polar surface area (TPSA) is 72.9 Å². The van der Waals surface area contributed by atoms with E-state index in [0.717, 1.165) is 4.90 Å². The van der Waals surface area contributed by atoms with E-state index in [1.165, 1.54) is 38.3 Å². The Labute approximate surface area is 149 Å². The summed E-state index contributed by atoms with van der Waals surface area (Å²) in [6, 6.07) is 9.45. The lowest BCUT2D eigenvalue weighted by molar-refractivity contribution is -0.149. The van der Waals surface area contributed by atoms with E-state index in [-0.39, 0.29) is 23.5 Å². The predicted octanol–water partition coefficient (Wildman–Crippen LogP) is 2.56. The van der Waals surface area contributed by atoms with Crippen LogP contribution in [0, 0.1) is 5.82 Å². The predicted molar refractivity (Wildman–Crippen MR) is 89.2 cm³/mol. The summed E-state index contributed by atoms with van der Waals surface area (Å²) < 4.78 is 23.6. The molecule has 0 saturated heterocycles. The van der Waals surface area contributed by atoms with Gasteiger partial charge in [-0.3, -0.25) is 14.5 Å². The number of carbonyl (C=O) groups excluding carboxylic acids is 3. The Hall–Kier alpha value is -3.22. The Morgan fingerprint density at radius 3 is 2.27 bits per heavy atom. The minimum Gasteiger partial charge on any atom is -0.494 e. The highest BCUT2D eigenvalue weighted by Crippen LogP contribution is 2.25. The monoisotopic (exact) mass is 357 g/mol. The lowest BCUT2D eigenvalue weighted by Gasteiger charge is -2.21. The molecule has 134 valence electrons. The Bertz CT molecular complexity index is 860. The van der Waals surface area contributed by atoms with E-state index in [1.807, 2.05) is 0 Å². The number of ether oxygens (including phenoxy) is 2. The van der Waals surface area contributed by atoms with Gasteiger partial charge in [0.2, 0.25) is 0 Å². The molecule has 0 fully saturated rings. The molecule has 3 rings (SSSR count). The van der Waals surface area contributed by atoms with Crippen molar-refractivity contribution in [1.82, 2.24) is 4.90 Å². The van der Waals surface area contributed by atoms with Gasteiger partial charge in [-0.15, -0.1) is 0 Å². The van der Waals surface area contributed by atoms with Gasteiger partial charge in [0.1, 0.15) is 12.6 Å². The van der Waals surface area contributed by atoms with Crippen molar-refractivity contribution < 1.29 is 28.2 Å². The standard InChI is InChI=1S/C19H16FNO5/c1-11(21-17(22)13-5-3-4-6-14(13)18(21)23)19(24)26-10-12-7-8-16(25-2)15(20)9-12/h3-9,11H,10H2,1-2H3/t11-/m1/s1. The van der Waals surface area contributed by atoms with E-state index in [0.29, 0.717) is 5.56 Å². The van der Waals surface area contributed by atoms with Gasteiger partial charge in [0.05, 0.1) is 18.2 Å². The lowest BCUT2D eigenvalue weighted by Crippen LogP contribution is -2.43. The molecule has 6 nitrogen and oxygen atoms in total. The first-order chi connectivity index (χ1) is 12.4. The van der Waals surface area contributed by atoms with Gasteiger partial charge >= 0.3 is 5.97 Å². The van der Waals surface area contributed by atoms with Gasteiger partial charge in [0, 0.05) is 0 Å². The first-order valence-corrected chi connectivity index (χ1v) is 7.90. The number of esters is 1. The van der Waals surface area contributed by atoms with Crippen molar-refractivity contribution in [2.75, 3.05) is 7.11 Å². The number of methoxy groups -OCH3 is 1. The zero-order valence-electron chi connectivity index (χ0n) is 14.2. The fourth-order valence-electron chi connectivity index (χ4n) is 2.74. The third-order valence-electron chi connectivity index (χ3n) is 4.15. The number of hydrogen-bond acceptors (Lipinski definition) is 5. The van der Waals surface area contributed by atoms with Crippen LogP contribution < -0.4 is 4.74 Å². The van der Waals surface area contributed by atoms with Gasteiger partial charge in [-0.1, -0.05) is 18.2 Å². The molecule has 0 N–H and O–H groups in total. The third-order valence-corrected chi connectivity index (χ3v) is 4.15. The third kappa shape index (κ3) is 3.03. The molecule has 0 aromatic heterocycles. The molecule has 1 heterocycles. The summed E-state index contributed by atoms with van der Waals surface area (Å²) in [6.07, 6.45) is 0. The molecule has 1 aliphatic rings. The fraction of sp³-hybridized carbons (Fsp3) is 0.211. The zero-order chi connectivity index (χ0) is 18.8. The Morgan fingerprint density at radius 1 is 1.12 bits per heavy atom. The van der Waals surface area contributed by atoms with Crippen LogP contribution in [0.3, 0.4) is 0 Å². The number of benzene rings is 2. The second-order valence-electron chi connectivity index (χ2n) is 5.78.